The van der Waals surface area contributed by atoms with E-state index in [1.807, 2.05) is 67.6 Å². The summed E-state index contributed by atoms with van der Waals surface area (Å²) in [5, 5.41) is 4.00. The van der Waals surface area contributed by atoms with Gasteiger partial charge in [-0.1, -0.05) is 65.8 Å². The van der Waals surface area contributed by atoms with Crippen LogP contribution in [-0.2, 0) is 17.8 Å². The summed E-state index contributed by atoms with van der Waals surface area (Å²) >= 11 is 0. The highest BCUT2D eigenvalue weighted by Crippen LogP contribution is 2.16. The summed E-state index contributed by atoms with van der Waals surface area (Å²) in [6.45, 7) is 2.90. The van der Waals surface area contributed by atoms with Gasteiger partial charge in [0.25, 0.3) is 0 Å². The summed E-state index contributed by atoms with van der Waals surface area (Å²) in [5.74, 6) is 1.09. The fourth-order valence-electron chi connectivity index (χ4n) is 2.62. The molecule has 1 amide bonds. The van der Waals surface area contributed by atoms with E-state index < -0.39 is 0 Å². The molecule has 0 unspecified atom stereocenters. The quantitative estimate of drug-likeness (QED) is 0.660. The van der Waals surface area contributed by atoms with Crippen molar-refractivity contribution in [2.45, 2.75) is 26.3 Å². The van der Waals surface area contributed by atoms with E-state index >= 15 is 0 Å². The van der Waals surface area contributed by atoms with Gasteiger partial charge in [0, 0.05) is 18.5 Å². The highest BCUT2D eigenvalue weighted by atomic mass is 16.5. The average Bonchev–Trinajstić information content (AvgIpc) is 3.14. The van der Waals surface area contributed by atoms with Crippen molar-refractivity contribution in [2.24, 2.45) is 0 Å². The first kappa shape index (κ1) is 16.9. The van der Waals surface area contributed by atoms with Gasteiger partial charge in [0.1, 0.15) is 0 Å². The Labute approximate surface area is 147 Å². The monoisotopic (exact) mass is 335 g/mol. The topological polar surface area (TPSA) is 59.2 Å². The summed E-state index contributed by atoms with van der Waals surface area (Å²) in [4.78, 5) is 18.6. The number of carbonyl (C=O) groups is 1. The molecule has 128 valence electrons. The van der Waals surface area contributed by atoms with Gasteiger partial charge >= 0.3 is 0 Å². The zero-order valence-electron chi connectivity index (χ0n) is 14.3. The largest absolute Gasteiger partial charge is 0.337 e. The lowest BCUT2D eigenvalue weighted by molar-refractivity contribution is -0.131. The number of nitrogens with zero attached hydrogens (tertiary/aromatic N) is 3. The Kier molecular flexibility index (Phi) is 5.57. The molecule has 2 aromatic carbocycles. The van der Waals surface area contributed by atoms with Gasteiger partial charge in [-0.15, -0.1) is 0 Å². The van der Waals surface area contributed by atoms with Gasteiger partial charge in [0.2, 0.25) is 17.6 Å². The van der Waals surface area contributed by atoms with E-state index in [9.17, 15) is 4.79 Å². The average molecular weight is 335 g/mol. The van der Waals surface area contributed by atoms with Gasteiger partial charge < -0.3 is 9.42 Å². The van der Waals surface area contributed by atoms with Crippen molar-refractivity contribution >= 4 is 5.91 Å². The number of aromatic nitrogens is 2. The van der Waals surface area contributed by atoms with Crippen molar-refractivity contribution < 1.29 is 9.32 Å². The molecular weight excluding hydrogens is 314 g/mol. The van der Waals surface area contributed by atoms with Crippen molar-refractivity contribution in [1.82, 2.24) is 15.0 Å². The molecule has 0 atom stereocenters. The minimum atomic E-state index is 0.0887. The van der Waals surface area contributed by atoms with E-state index in [4.69, 9.17) is 4.52 Å². The number of amides is 1. The zero-order valence-corrected chi connectivity index (χ0v) is 14.3. The SMILES string of the molecule is CCN(Cc1nc(-c2ccccc2)no1)C(=O)CCc1ccccc1. The Morgan fingerprint density at radius 3 is 2.40 bits per heavy atom. The smallest absolute Gasteiger partial charge is 0.246 e. The third kappa shape index (κ3) is 4.53. The van der Waals surface area contributed by atoms with Crippen LogP contribution >= 0.6 is 0 Å². The van der Waals surface area contributed by atoms with Crippen LogP contribution in [0.3, 0.4) is 0 Å². The molecule has 5 heteroatoms. The van der Waals surface area contributed by atoms with Crippen LogP contribution < -0.4 is 0 Å². The molecule has 0 bridgehead atoms. The Bertz CT molecular complexity index is 800. The van der Waals surface area contributed by atoms with E-state index in [-0.39, 0.29) is 5.91 Å². The maximum atomic E-state index is 12.5. The minimum Gasteiger partial charge on any atom is -0.337 e. The van der Waals surface area contributed by atoms with Crippen LogP contribution in [0.1, 0.15) is 24.8 Å². The van der Waals surface area contributed by atoms with Gasteiger partial charge in [-0.05, 0) is 18.9 Å². The number of hydrogen-bond acceptors (Lipinski definition) is 4. The summed E-state index contributed by atoms with van der Waals surface area (Å²) in [5.41, 5.74) is 2.06. The fraction of sp³-hybridized carbons (Fsp3) is 0.250. The normalized spacial score (nSPS) is 10.6. The summed E-state index contributed by atoms with van der Waals surface area (Å²) in [7, 11) is 0. The highest BCUT2D eigenvalue weighted by molar-refractivity contribution is 5.76. The minimum absolute atomic E-state index is 0.0887. The van der Waals surface area contributed by atoms with Gasteiger partial charge in [0.05, 0.1) is 6.54 Å². The predicted octanol–water partition coefficient (Wildman–Crippen LogP) is 3.72. The molecule has 0 aliphatic heterocycles. The van der Waals surface area contributed by atoms with E-state index in [0.29, 0.717) is 31.2 Å². The number of aryl methyl sites for hydroxylation is 1. The molecule has 0 saturated heterocycles. The second-order valence-corrected chi connectivity index (χ2v) is 5.77. The first-order valence-corrected chi connectivity index (χ1v) is 8.46. The molecule has 5 nitrogen and oxygen atoms in total. The third-order valence-electron chi connectivity index (χ3n) is 4.03. The van der Waals surface area contributed by atoms with Crippen LogP contribution in [0.4, 0.5) is 0 Å². The molecule has 0 aliphatic carbocycles. The maximum Gasteiger partial charge on any atom is 0.246 e. The van der Waals surface area contributed by atoms with Crippen LogP contribution in [0.5, 0.6) is 0 Å². The molecular formula is C20H21N3O2. The van der Waals surface area contributed by atoms with Crippen LogP contribution in [0.2, 0.25) is 0 Å². The predicted molar refractivity (Wildman–Crippen MR) is 95.6 cm³/mol. The van der Waals surface area contributed by atoms with Crippen LogP contribution in [0.25, 0.3) is 11.4 Å². The zero-order chi connectivity index (χ0) is 17.5. The van der Waals surface area contributed by atoms with Crippen molar-refractivity contribution in [3.8, 4) is 11.4 Å². The van der Waals surface area contributed by atoms with E-state index in [1.165, 1.54) is 0 Å². The van der Waals surface area contributed by atoms with E-state index in [1.54, 1.807) is 4.90 Å². The Morgan fingerprint density at radius 1 is 1.04 bits per heavy atom. The molecule has 0 radical (unpaired) electrons. The Morgan fingerprint density at radius 2 is 1.72 bits per heavy atom. The van der Waals surface area contributed by atoms with Gasteiger partial charge in [0.15, 0.2) is 0 Å². The molecule has 0 saturated carbocycles. The molecule has 1 aromatic heterocycles. The first-order chi connectivity index (χ1) is 12.3. The maximum absolute atomic E-state index is 12.5. The van der Waals surface area contributed by atoms with Gasteiger partial charge in [-0.25, -0.2) is 0 Å². The third-order valence-corrected chi connectivity index (χ3v) is 4.03. The number of hydrogen-bond donors (Lipinski definition) is 0. The molecule has 0 spiro atoms. The van der Waals surface area contributed by atoms with Crippen molar-refractivity contribution in [2.75, 3.05) is 6.54 Å². The summed E-state index contributed by atoms with van der Waals surface area (Å²) in [6, 6.07) is 19.7. The molecule has 0 fully saturated rings. The van der Waals surface area contributed by atoms with Crippen molar-refractivity contribution in [1.29, 1.82) is 0 Å². The second kappa shape index (κ2) is 8.24. The van der Waals surface area contributed by atoms with E-state index in [0.717, 1.165) is 17.5 Å². The second-order valence-electron chi connectivity index (χ2n) is 5.77. The van der Waals surface area contributed by atoms with Crippen LogP contribution in [0.15, 0.2) is 65.2 Å². The van der Waals surface area contributed by atoms with Crippen LogP contribution in [0, 0.1) is 0 Å². The summed E-state index contributed by atoms with van der Waals surface area (Å²) < 4.78 is 5.31. The van der Waals surface area contributed by atoms with Crippen molar-refractivity contribution in [3.05, 3.63) is 72.1 Å². The lowest BCUT2D eigenvalue weighted by atomic mass is 10.1. The lowest BCUT2D eigenvalue weighted by Crippen LogP contribution is -2.30. The Hall–Kier alpha value is -2.95. The Balaban J connectivity index is 1.60. The number of carbonyl (C=O) groups excluding carboxylic acids is 1. The molecule has 3 rings (SSSR count). The molecule has 0 aliphatic rings. The molecule has 3 aromatic rings. The van der Waals surface area contributed by atoms with Crippen molar-refractivity contribution in [3.63, 3.8) is 0 Å². The highest BCUT2D eigenvalue weighted by Gasteiger charge is 2.16. The molecule has 1 heterocycles. The van der Waals surface area contributed by atoms with Gasteiger partial charge in [-0.3, -0.25) is 4.79 Å². The molecule has 0 N–H and O–H groups in total. The first-order valence-electron chi connectivity index (χ1n) is 8.46. The lowest BCUT2D eigenvalue weighted by Gasteiger charge is -2.18. The van der Waals surface area contributed by atoms with Crippen LogP contribution in [-0.4, -0.2) is 27.5 Å². The fourth-order valence-corrected chi connectivity index (χ4v) is 2.62. The number of rotatable bonds is 7. The van der Waals surface area contributed by atoms with Gasteiger partial charge in [-0.2, -0.15) is 4.98 Å². The molecule has 25 heavy (non-hydrogen) atoms. The van der Waals surface area contributed by atoms with E-state index in [2.05, 4.69) is 10.1 Å². The summed E-state index contributed by atoms with van der Waals surface area (Å²) in [6.07, 6.45) is 1.20. The standard InChI is InChI=1S/C20H21N3O2/c1-2-23(19(24)14-13-16-9-5-3-6-10-16)15-18-21-20(22-25-18)17-11-7-4-8-12-17/h3-12H,2,13-15H2,1H3. The number of benzene rings is 2.